The predicted molar refractivity (Wildman–Crippen MR) is 113 cm³/mol. The van der Waals surface area contributed by atoms with Crippen LogP contribution >= 0.6 is 23.1 Å². The van der Waals surface area contributed by atoms with Crippen molar-refractivity contribution in [2.75, 3.05) is 18.5 Å². The second-order valence-corrected chi connectivity index (χ2v) is 8.85. The lowest BCUT2D eigenvalue weighted by atomic mass is 10.2. The lowest BCUT2D eigenvalue weighted by Crippen LogP contribution is -2.43. The van der Waals surface area contributed by atoms with Gasteiger partial charge in [0.2, 0.25) is 11.0 Å². The topological polar surface area (TPSA) is 105 Å². The van der Waals surface area contributed by atoms with Crippen LogP contribution < -0.4 is 20.7 Å². The number of thioether (sulfide) groups is 1. The van der Waals surface area contributed by atoms with Crippen LogP contribution in [-0.4, -0.2) is 40.5 Å². The highest BCUT2D eigenvalue weighted by Gasteiger charge is 2.19. The third-order valence-electron chi connectivity index (χ3n) is 3.39. The monoisotopic (exact) mass is 423 g/mol. The Hall–Kier alpha value is -2.33. The van der Waals surface area contributed by atoms with Gasteiger partial charge < -0.3 is 15.4 Å². The van der Waals surface area contributed by atoms with Crippen molar-refractivity contribution in [3.63, 3.8) is 0 Å². The number of rotatable bonds is 9. The van der Waals surface area contributed by atoms with Crippen molar-refractivity contribution in [2.24, 2.45) is 5.92 Å². The van der Waals surface area contributed by atoms with Crippen LogP contribution in [0.3, 0.4) is 0 Å². The van der Waals surface area contributed by atoms with Crippen molar-refractivity contribution in [3.8, 4) is 5.75 Å². The zero-order valence-electron chi connectivity index (χ0n) is 16.3. The zero-order valence-corrected chi connectivity index (χ0v) is 17.9. The number of nitrogens with zero attached hydrogens (tertiary/aromatic N) is 2. The molecule has 0 aliphatic carbocycles. The van der Waals surface area contributed by atoms with E-state index in [2.05, 4.69) is 26.1 Å². The number of urea groups is 1. The Bertz CT molecular complexity index is 797. The van der Waals surface area contributed by atoms with Gasteiger partial charge in [0, 0.05) is 6.54 Å². The summed E-state index contributed by atoms with van der Waals surface area (Å²) in [6, 6.07) is 7.08. The molecule has 8 nitrogen and oxygen atoms in total. The fourth-order valence-electron chi connectivity index (χ4n) is 2.03. The molecule has 3 amide bonds. The van der Waals surface area contributed by atoms with Gasteiger partial charge in [0.25, 0.3) is 0 Å². The van der Waals surface area contributed by atoms with Gasteiger partial charge in [-0.1, -0.05) is 49.1 Å². The summed E-state index contributed by atoms with van der Waals surface area (Å²) in [7, 11) is 0. The third-order valence-corrected chi connectivity index (χ3v) is 5.41. The first-order valence-electron chi connectivity index (χ1n) is 8.96. The number of hydrogen-bond acceptors (Lipinski definition) is 8. The van der Waals surface area contributed by atoms with E-state index in [1.165, 1.54) is 23.1 Å². The van der Waals surface area contributed by atoms with Gasteiger partial charge in [-0.3, -0.25) is 10.1 Å². The maximum atomic E-state index is 12.1. The summed E-state index contributed by atoms with van der Waals surface area (Å²) in [6.45, 7) is 8.67. The summed E-state index contributed by atoms with van der Waals surface area (Å²) in [5.74, 6) is 0.667. The molecule has 10 heteroatoms. The van der Waals surface area contributed by atoms with Gasteiger partial charge in [0.05, 0.1) is 17.5 Å². The van der Waals surface area contributed by atoms with E-state index >= 15 is 0 Å². The lowest BCUT2D eigenvalue weighted by Gasteiger charge is -2.11. The van der Waals surface area contributed by atoms with E-state index in [-0.39, 0.29) is 5.91 Å². The average molecular weight is 424 g/mol. The van der Waals surface area contributed by atoms with Crippen LogP contribution in [0.25, 0.3) is 0 Å². The van der Waals surface area contributed by atoms with Crippen LogP contribution in [0.2, 0.25) is 0 Å². The number of aromatic nitrogens is 2. The molecule has 1 atom stereocenters. The van der Waals surface area contributed by atoms with E-state index in [0.717, 1.165) is 11.4 Å². The molecule has 1 unspecified atom stereocenters. The summed E-state index contributed by atoms with van der Waals surface area (Å²) in [5, 5.41) is 16.5. The molecule has 1 aromatic carbocycles. The number of para-hydroxylation sites is 2. The van der Waals surface area contributed by atoms with E-state index in [4.69, 9.17) is 4.74 Å². The Morgan fingerprint density at radius 3 is 2.68 bits per heavy atom. The Kier molecular flexibility index (Phi) is 8.52. The van der Waals surface area contributed by atoms with E-state index in [9.17, 15) is 9.59 Å². The molecule has 0 spiro atoms. The smallest absolute Gasteiger partial charge is 0.321 e. The molecule has 0 saturated heterocycles. The fraction of sp³-hybridized carbons (Fsp3) is 0.444. The van der Waals surface area contributed by atoms with Gasteiger partial charge in [0.1, 0.15) is 5.75 Å². The molecule has 2 aromatic rings. The van der Waals surface area contributed by atoms with Crippen LogP contribution in [0.1, 0.15) is 27.7 Å². The van der Waals surface area contributed by atoms with Crippen LogP contribution in [0, 0.1) is 5.92 Å². The molecule has 0 fully saturated rings. The van der Waals surface area contributed by atoms with Crippen LogP contribution in [-0.2, 0) is 4.79 Å². The number of anilines is 2. The maximum absolute atomic E-state index is 12.1. The van der Waals surface area contributed by atoms with Crippen molar-refractivity contribution < 1.29 is 14.3 Å². The van der Waals surface area contributed by atoms with Gasteiger partial charge in [-0.25, -0.2) is 4.79 Å². The van der Waals surface area contributed by atoms with Crippen LogP contribution in [0.4, 0.5) is 15.6 Å². The molecular weight excluding hydrogens is 398 g/mol. The quantitative estimate of drug-likeness (QED) is 0.529. The molecule has 0 radical (unpaired) electrons. The normalized spacial score (nSPS) is 11.8. The number of benzene rings is 1. The van der Waals surface area contributed by atoms with Gasteiger partial charge in [0.15, 0.2) is 4.34 Å². The summed E-state index contributed by atoms with van der Waals surface area (Å²) in [5.41, 5.74) is 0.796. The summed E-state index contributed by atoms with van der Waals surface area (Å²) in [4.78, 5) is 23.9. The Labute approximate surface area is 172 Å². The summed E-state index contributed by atoms with van der Waals surface area (Å²) < 4.78 is 6.21. The summed E-state index contributed by atoms with van der Waals surface area (Å²) >= 11 is 2.57. The van der Waals surface area contributed by atoms with E-state index in [0.29, 0.717) is 28.5 Å². The van der Waals surface area contributed by atoms with E-state index in [1.54, 1.807) is 6.92 Å². The molecular formula is C18H25N5O3S2. The number of imide groups is 1. The second-order valence-electron chi connectivity index (χ2n) is 6.28. The Morgan fingerprint density at radius 2 is 1.96 bits per heavy atom. The molecule has 0 saturated carbocycles. The van der Waals surface area contributed by atoms with Crippen molar-refractivity contribution in [2.45, 2.75) is 37.3 Å². The molecule has 0 aliphatic rings. The van der Waals surface area contributed by atoms with Crippen LogP contribution in [0.5, 0.6) is 5.75 Å². The molecule has 2 rings (SSSR count). The van der Waals surface area contributed by atoms with Gasteiger partial charge in [-0.15, -0.1) is 10.2 Å². The SMILES string of the molecule is CCOc1ccccc1Nc1nnc(SC(C)C(=O)NC(=O)NCC(C)C)s1. The molecule has 0 bridgehead atoms. The van der Waals surface area contributed by atoms with Crippen molar-refractivity contribution in [3.05, 3.63) is 24.3 Å². The van der Waals surface area contributed by atoms with Crippen molar-refractivity contribution in [1.82, 2.24) is 20.8 Å². The standard InChI is InChI=1S/C18H25N5O3S2/c1-5-26-14-9-7-6-8-13(14)20-17-22-23-18(28-17)27-12(4)15(24)21-16(25)19-10-11(2)3/h6-9,11-12H,5,10H2,1-4H3,(H,20,22)(H2,19,21,24,25). The maximum Gasteiger partial charge on any atom is 0.321 e. The molecule has 0 aliphatic heterocycles. The second kappa shape index (κ2) is 10.9. The number of ether oxygens (including phenoxy) is 1. The Morgan fingerprint density at radius 1 is 1.21 bits per heavy atom. The van der Waals surface area contributed by atoms with E-state index in [1.807, 2.05) is 45.0 Å². The lowest BCUT2D eigenvalue weighted by molar-refractivity contribution is -0.119. The average Bonchev–Trinajstić information content (AvgIpc) is 3.08. The highest BCUT2D eigenvalue weighted by Crippen LogP contribution is 2.33. The predicted octanol–water partition coefficient (Wildman–Crippen LogP) is 3.64. The number of carbonyl (C=O) groups is 2. The first kappa shape index (κ1) is 22.0. The molecule has 152 valence electrons. The minimum atomic E-state index is -0.488. The molecule has 1 heterocycles. The highest BCUT2D eigenvalue weighted by molar-refractivity contribution is 8.02. The number of carbonyl (C=O) groups excluding carboxylic acids is 2. The first-order chi connectivity index (χ1) is 13.4. The largest absolute Gasteiger partial charge is 0.492 e. The fourth-order valence-corrected chi connectivity index (χ4v) is 3.94. The van der Waals surface area contributed by atoms with Crippen molar-refractivity contribution in [1.29, 1.82) is 0 Å². The Balaban J connectivity index is 1.90. The van der Waals surface area contributed by atoms with Gasteiger partial charge in [-0.2, -0.15) is 0 Å². The zero-order chi connectivity index (χ0) is 20.5. The number of hydrogen-bond donors (Lipinski definition) is 3. The van der Waals surface area contributed by atoms with Crippen molar-refractivity contribution >= 4 is 45.9 Å². The number of amides is 3. The van der Waals surface area contributed by atoms with Gasteiger partial charge in [-0.05, 0) is 31.9 Å². The highest BCUT2D eigenvalue weighted by atomic mass is 32.2. The number of nitrogens with one attached hydrogen (secondary N) is 3. The molecule has 1 aromatic heterocycles. The minimum absolute atomic E-state index is 0.313. The summed E-state index contributed by atoms with van der Waals surface area (Å²) in [6.07, 6.45) is 0. The van der Waals surface area contributed by atoms with Crippen LogP contribution in [0.15, 0.2) is 28.6 Å². The third kappa shape index (κ3) is 7.01. The van der Waals surface area contributed by atoms with Gasteiger partial charge >= 0.3 is 6.03 Å². The molecule has 28 heavy (non-hydrogen) atoms. The molecule has 3 N–H and O–H groups in total. The minimum Gasteiger partial charge on any atom is -0.492 e. The first-order valence-corrected chi connectivity index (χ1v) is 10.7. The van der Waals surface area contributed by atoms with E-state index < -0.39 is 11.3 Å².